The molecule has 0 bridgehead atoms. The Morgan fingerprint density at radius 1 is 0.808 bits per heavy atom. The topological polar surface area (TPSA) is 35.3 Å². The molecule has 0 amide bonds. The van der Waals surface area contributed by atoms with Gasteiger partial charge in [-0.15, -0.1) is 0 Å². The third-order valence-electron chi connectivity index (χ3n) is 4.74. The number of aromatic nitrogens is 1. The van der Waals surface area contributed by atoms with E-state index in [0.717, 1.165) is 29.0 Å². The third-order valence-corrected chi connectivity index (χ3v) is 4.74. The highest BCUT2D eigenvalue weighted by Crippen LogP contribution is 2.42. The molecule has 0 aliphatic carbocycles. The van der Waals surface area contributed by atoms with E-state index in [1.807, 2.05) is 36.4 Å². The summed E-state index contributed by atoms with van der Waals surface area (Å²) in [6, 6.07) is 26.6. The zero-order valence-electron chi connectivity index (χ0n) is 14.1. The van der Waals surface area contributed by atoms with Gasteiger partial charge in [-0.25, -0.2) is 4.98 Å². The van der Waals surface area contributed by atoms with E-state index in [-0.39, 0.29) is 6.10 Å². The summed E-state index contributed by atoms with van der Waals surface area (Å²) >= 11 is 0. The Bertz CT molecular complexity index is 1020. The fourth-order valence-corrected chi connectivity index (χ4v) is 3.47. The van der Waals surface area contributed by atoms with Crippen LogP contribution in [-0.2, 0) is 6.42 Å². The quantitative estimate of drug-likeness (QED) is 0.481. The zero-order chi connectivity index (χ0) is 17.3. The number of ether oxygens (including phenoxy) is 1. The highest BCUT2D eigenvalue weighted by atomic mass is 16.5. The Kier molecular flexibility index (Phi) is 3.56. The van der Waals surface area contributed by atoms with Crippen LogP contribution in [0.15, 0.2) is 89.5 Å². The van der Waals surface area contributed by atoms with Gasteiger partial charge in [-0.1, -0.05) is 60.7 Å². The van der Waals surface area contributed by atoms with Crippen LogP contribution in [0.3, 0.4) is 0 Å². The monoisotopic (exact) mass is 339 g/mol. The van der Waals surface area contributed by atoms with Gasteiger partial charge < -0.3 is 9.15 Å². The number of hydrogen-bond donors (Lipinski definition) is 0. The maximum Gasteiger partial charge on any atom is 0.218 e. The van der Waals surface area contributed by atoms with Crippen LogP contribution < -0.4 is 4.74 Å². The highest BCUT2D eigenvalue weighted by molar-refractivity contribution is 5.76. The highest BCUT2D eigenvalue weighted by Gasteiger charge is 2.31. The Hall–Kier alpha value is -3.33. The van der Waals surface area contributed by atoms with E-state index in [9.17, 15) is 0 Å². The lowest BCUT2D eigenvalue weighted by Crippen LogP contribution is -2.01. The Morgan fingerprint density at radius 2 is 1.54 bits per heavy atom. The molecule has 0 saturated heterocycles. The first-order chi connectivity index (χ1) is 12.9. The van der Waals surface area contributed by atoms with E-state index in [1.54, 1.807) is 6.26 Å². The molecule has 0 N–H and O–H groups in total. The maximum absolute atomic E-state index is 6.17. The maximum atomic E-state index is 6.17. The molecule has 2 aromatic heterocycles. The van der Waals surface area contributed by atoms with Crippen molar-refractivity contribution < 1.29 is 9.15 Å². The summed E-state index contributed by atoms with van der Waals surface area (Å²) in [5, 5.41) is 0. The molecule has 0 radical (unpaired) electrons. The molecule has 3 heterocycles. The van der Waals surface area contributed by atoms with E-state index in [1.165, 1.54) is 11.1 Å². The van der Waals surface area contributed by atoms with Crippen LogP contribution in [0.25, 0.3) is 22.4 Å². The molecule has 0 spiro atoms. The number of benzene rings is 2. The minimum absolute atomic E-state index is 0.124. The predicted octanol–water partition coefficient (Wildman–Crippen LogP) is 5.68. The predicted molar refractivity (Wildman–Crippen MR) is 101 cm³/mol. The summed E-state index contributed by atoms with van der Waals surface area (Å²) in [7, 11) is 0. The first kappa shape index (κ1) is 15.0. The molecule has 1 aliphatic heterocycles. The Labute approximate surface area is 151 Å². The number of fused-ring (bicyclic) bond motifs is 1. The smallest absolute Gasteiger partial charge is 0.218 e. The Balaban J connectivity index is 1.66. The van der Waals surface area contributed by atoms with Gasteiger partial charge in [-0.2, -0.15) is 0 Å². The largest absolute Gasteiger partial charge is 0.466 e. The van der Waals surface area contributed by atoms with Gasteiger partial charge in [0.15, 0.2) is 6.10 Å². The Morgan fingerprint density at radius 3 is 2.23 bits per heavy atom. The van der Waals surface area contributed by atoms with Crippen LogP contribution in [0.4, 0.5) is 0 Å². The van der Waals surface area contributed by atoms with Crippen LogP contribution in [0.5, 0.6) is 5.88 Å². The molecule has 26 heavy (non-hydrogen) atoms. The van der Waals surface area contributed by atoms with Crippen molar-refractivity contribution in [3.8, 4) is 28.3 Å². The van der Waals surface area contributed by atoms with Gasteiger partial charge in [-0.3, -0.25) is 0 Å². The second kappa shape index (κ2) is 6.19. The second-order valence-electron chi connectivity index (χ2n) is 6.40. The molecule has 5 rings (SSSR count). The molecule has 0 fully saturated rings. The number of pyridine rings is 1. The summed E-state index contributed by atoms with van der Waals surface area (Å²) in [6.45, 7) is 0. The number of rotatable bonds is 3. The summed E-state index contributed by atoms with van der Waals surface area (Å²) < 4.78 is 11.7. The van der Waals surface area contributed by atoms with Crippen LogP contribution in [0.2, 0.25) is 0 Å². The van der Waals surface area contributed by atoms with Crippen molar-refractivity contribution in [1.82, 2.24) is 4.98 Å². The summed E-state index contributed by atoms with van der Waals surface area (Å²) in [5.74, 6) is 1.54. The molecule has 1 atom stereocenters. The van der Waals surface area contributed by atoms with Crippen LogP contribution in [0, 0.1) is 0 Å². The van der Waals surface area contributed by atoms with Crippen LogP contribution >= 0.6 is 0 Å². The fraction of sp³-hybridized carbons (Fsp3) is 0.0870. The van der Waals surface area contributed by atoms with E-state index in [4.69, 9.17) is 14.1 Å². The molecule has 1 aliphatic rings. The van der Waals surface area contributed by atoms with Crippen molar-refractivity contribution in [2.24, 2.45) is 0 Å². The average molecular weight is 339 g/mol. The molecule has 0 saturated carbocycles. The lowest BCUT2D eigenvalue weighted by atomic mass is 9.96. The van der Waals surface area contributed by atoms with Gasteiger partial charge in [0.1, 0.15) is 5.76 Å². The molecular weight excluding hydrogens is 322 g/mol. The summed E-state index contributed by atoms with van der Waals surface area (Å²) in [4.78, 5) is 4.81. The van der Waals surface area contributed by atoms with Gasteiger partial charge in [0, 0.05) is 17.5 Å². The van der Waals surface area contributed by atoms with Crippen molar-refractivity contribution in [3.05, 3.63) is 96.4 Å². The van der Waals surface area contributed by atoms with Gasteiger partial charge >= 0.3 is 0 Å². The minimum Gasteiger partial charge on any atom is -0.466 e. The van der Waals surface area contributed by atoms with Crippen molar-refractivity contribution in [1.29, 1.82) is 0 Å². The first-order valence-corrected chi connectivity index (χ1v) is 8.73. The van der Waals surface area contributed by atoms with E-state index in [2.05, 4.69) is 42.5 Å². The molecule has 126 valence electrons. The normalized spacial score (nSPS) is 15.5. The van der Waals surface area contributed by atoms with Gasteiger partial charge in [0.2, 0.25) is 5.88 Å². The van der Waals surface area contributed by atoms with Crippen LogP contribution in [0.1, 0.15) is 17.4 Å². The minimum atomic E-state index is -0.124. The zero-order valence-corrected chi connectivity index (χ0v) is 14.1. The van der Waals surface area contributed by atoms with Crippen molar-refractivity contribution in [2.75, 3.05) is 0 Å². The molecule has 3 nitrogen and oxygen atoms in total. The van der Waals surface area contributed by atoms with Crippen molar-refractivity contribution in [2.45, 2.75) is 12.5 Å². The lowest BCUT2D eigenvalue weighted by molar-refractivity contribution is 0.198. The first-order valence-electron chi connectivity index (χ1n) is 8.73. The van der Waals surface area contributed by atoms with E-state index in [0.29, 0.717) is 5.88 Å². The molecular formula is C23H17NO2. The van der Waals surface area contributed by atoms with E-state index < -0.39 is 0 Å². The summed E-state index contributed by atoms with van der Waals surface area (Å²) in [5.41, 5.74) is 5.48. The van der Waals surface area contributed by atoms with Crippen molar-refractivity contribution >= 4 is 0 Å². The third kappa shape index (κ3) is 2.58. The number of hydrogen-bond acceptors (Lipinski definition) is 3. The summed E-state index contributed by atoms with van der Waals surface area (Å²) in [6.07, 6.45) is 2.32. The fourth-order valence-electron chi connectivity index (χ4n) is 3.47. The molecule has 1 unspecified atom stereocenters. The van der Waals surface area contributed by atoms with Crippen molar-refractivity contribution in [3.63, 3.8) is 0 Å². The van der Waals surface area contributed by atoms with Crippen LogP contribution in [-0.4, -0.2) is 4.98 Å². The molecule has 3 heteroatoms. The number of nitrogens with zero attached hydrogens (tertiary/aromatic N) is 1. The van der Waals surface area contributed by atoms with E-state index >= 15 is 0 Å². The standard InChI is InChI=1S/C23H17NO2/c1-3-8-16(9-4-1)18-14-20(17-10-5-2-6-11-17)24-23-19(18)15-22(26-23)21-12-7-13-25-21/h1-14,22H,15H2. The average Bonchev–Trinajstić information content (AvgIpc) is 3.38. The number of furan rings is 1. The lowest BCUT2D eigenvalue weighted by Gasteiger charge is -2.10. The van der Waals surface area contributed by atoms with Gasteiger partial charge in [0.25, 0.3) is 0 Å². The molecule has 2 aromatic carbocycles. The van der Waals surface area contributed by atoms with Gasteiger partial charge in [0.05, 0.1) is 12.0 Å². The second-order valence-corrected chi connectivity index (χ2v) is 6.40. The van der Waals surface area contributed by atoms with Gasteiger partial charge in [-0.05, 0) is 29.3 Å². The SMILES string of the molecule is c1ccc(-c2cc(-c3ccccc3)c3c(n2)OC(c2ccco2)C3)cc1. The molecule has 4 aromatic rings.